The van der Waals surface area contributed by atoms with Gasteiger partial charge < -0.3 is 4.74 Å². The van der Waals surface area contributed by atoms with E-state index in [2.05, 4.69) is 34.3 Å². The normalized spacial score (nSPS) is 28.0. The van der Waals surface area contributed by atoms with Crippen LogP contribution in [0.15, 0.2) is 43.0 Å². The van der Waals surface area contributed by atoms with Crippen LogP contribution in [0.4, 0.5) is 0 Å². The summed E-state index contributed by atoms with van der Waals surface area (Å²) in [5.74, 6) is 0. The second kappa shape index (κ2) is 3.42. The molecule has 0 radical (unpaired) electrons. The van der Waals surface area contributed by atoms with Crippen molar-refractivity contribution < 1.29 is 4.74 Å². The zero-order valence-electron chi connectivity index (χ0n) is 10.1. The van der Waals surface area contributed by atoms with Gasteiger partial charge in [-0.1, -0.05) is 30.3 Å². The first-order valence-electron chi connectivity index (χ1n) is 6.37. The van der Waals surface area contributed by atoms with Crippen LogP contribution >= 0.6 is 0 Å². The molecule has 1 saturated heterocycles. The smallest absolute Gasteiger partial charge is 0.137 e. The predicted molar refractivity (Wildman–Crippen MR) is 65.8 cm³/mol. The van der Waals surface area contributed by atoms with Crippen LogP contribution in [0.1, 0.15) is 18.4 Å². The maximum absolute atomic E-state index is 6.07. The molecule has 4 nitrogen and oxygen atoms in total. The van der Waals surface area contributed by atoms with E-state index in [0.29, 0.717) is 5.41 Å². The first kappa shape index (κ1) is 10.3. The van der Waals surface area contributed by atoms with Gasteiger partial charge in [-0.15, -0.1) is 0 Å². The van der Waals surface area contributed by atoms with Crippen LogP contribution in [0.3, 0.4) is 0 Å². The third-order valence-corrected chi connectivity index (χ3v) is 4.40. The third kappa shape index (κ3) is 1.24. The summed E-state index contributed by atoms with van der Waals surface area (Å²) in [4.78, 5) is 4.02. The van der Waals surface area contributed by atoms with Crippen molar-refractivity contribution in [3.8, 4) is 0 Å². The SMILES string of the molecule is c1ccc(C2(Cn3cncn3)OCC23CC3)cc1. The molecule has 18 heavy (non-hydrogen) atoms. The van der Waals surface area contributed by atoms with Crippen molar-refractivity contribution in [2.45, 2.75) is 25.0 Å². The molecular formula is C14H15N3O. The maximum atomic E-state index is 6.07. The van der Waals surface area contributed by atoms with Crippen molar-refractivity contribution in [3.05, 3.63) is 48.5 Å². The number of ether oxygens (including phenoxy) is 1. The average molecular weight is 241 g/mol. The van der Waals surface area contributed by atoms with Crippen LogP contribution in [-0.2, 0) is 16.9 Å². The zero-order valence-corrected chi connectivity index (χ0v) is 10.1. The number of benzene rings is 1. The lowest BCUT2D eigenvalue weighted by molar-refractivity contribution is -0.239. The molecule has 1 saturated carbocycles. The molecule has 1 spiro atoms. The maximum Gasteiger partial charge on any atom is 0.137 e. The van der Waals surface area contributed by atoms with E-state index in [4.69, 9.17) is 4.74 Å². The Bertz CT molecular complexity index is 548. The van der Waals surface area contributed by atoms with E-state index in [1.807, 2.05) is 10.7 Å². The topological polar surface area (TPSA) is 39.9 Å². The Morgan fingerprint density at radius 1 is 1.22 bits per heavy atom. The fourth-order valence-electron chi connectivity index (χ4n) is 3.09. The standard InChI is InChI=1S/C14H15N3O/c1-2-4-12(5-3-1)14(8-17-11-15-10-16-17)13(6-7-13)9-18-14/h1-5,10-11H,6-9H2. The second-order valence-electron chi connectivity index (χ2n) is 5.36. The molecule has 1 aromatic heterocycles. The van der Waals surface area contributed by atoms with Gasteiger partial charge >= 0.3 is 0 Å². The Morgan fingerprint density at radius 2 is 2.06 bits per heavy atom. The molecular weight excluding hydrogens is 226 g/mol. The van der Waals surface area contributed by atoms with Crippen LogP contribution in [0.5, 0.6) is 0 Å². The van der Waals surface area contributed by atoms with Gasteiger partial charge in [0.25, 0.3) is 0 Å². The van der Waals surface area contributed by atoms with E-state index in [1.54, 1.807) is 12.7 Å². The lowest BCUT2D eigenvalue weighted by Crippen LogP contribution is -2.55. The summed E-state index contributed by atoms with van der Waals surface area (Å²) >= 11 is 0. The van der Waals surface area contributed by atoms with Crippen LogP contribution in [-0.4, -0.2) is 21.4 Å². The quantitative estimate of drug-likeness (QED) is 0.825. The summed E-state index contributed by atoms with van der Waals surface area (Å²) in [5, 5.41) is 4.23. The molecule has 2 heterocycles. The molecule has 4 rings (SSSR count). The molecule has 92 valence electrons. The molecule has 2 fully saturated rings. The van der Waals surface area contributed by atoms with Gasteiger partial charge in [0.2, 0.25) is 0 Å². The molecule has 2 aliphatic rings. The van der Waals surface area contributed by atoms with Crippen LogP contribution < -0.4 is 0 Å². The fourth-order valence-corrected chi connectivity index (χ4v) is 3.09. The zero-order chi connectivity index (χ0) is 12.1. The molecule has 4 heteroatoms. The molecule has 1 unspecified atom stereocenters. The van der Waals surface area contributed by atoms with Gasteiger partial charge in [-0.2, -0.15) is 5.10 Å². The number of aromatic nitrogens is 3. The van der Waals surface area contributed by atoms with Gasteiger partial charge in [0.15, 0.2) is 0 Å². The molecule has 1 aliphatic carbocycles. The Kier molecular flexibility index (Phi) is 1.95. The number of nitrogens with zero attached hydrogens (tertiary/aromatic N) is 3. The summed E-state index contributed by atoms with van der Waals surface area (Å²) in [6.07, 6.45) is 5.87. The number of hydrogen-bond acceptors (Lipinski definition) is 3. The van der Waals surface area contributed by atoms with E-state index < -0.39 is 0 Å². The minimum atomic E-state index is -0.192. The molecule has 1 aromatic carbocycles. The van der Waals surface area contributed by atoms with Crippen molar-refractivity contribution in [2.75, 3.05) is 6.61 Å². The van der Waals surface area contributed by atoms with Crippen LogP contribution in [0, 0.1) is 5.41 Å². The van der Waals surface area contributed by atoms with Gasteiger partial charge in [0, 0.05) is 5.41 Å². The number of hydrogen-bond donors (Lipinski definition) is 0. The first-order chi connectivity index (χ1) is 8.85. The van der Waals surface area contributed by atoms with Gasteiger partial charge in [-0.05, 0) is 18.4 Å². The lowest BCUT2D eigenvalue weighted by atomic mass is 9.74. The summed E-state index contributed by atoms with van der Waals surface area (Å²) < 4.78 is 7.95. The molecule has 0 amide bonds. The predicted octanol–water partition coefficient (Wildman–Crippen LogP) is 1.98. The van der Waals surface area contributed by atoms with Gasteiger partial charge in [-0.3, -0.25) is 0 Å². The van der Waals surface area contributed by atoms with Crippen molar-refractivity contribution in [1.82, 2.24) is 14.8 Å². The van der Waals surface area contributed by atoms with E-state index in [0.717, 1.165) is 13.2 Å². The highest BCUT2D eigenvalue weighted by molar-refractivity contribution is 5.32. The van der Waals surface area contributed by atoms with Crippen LogP contribution in [0.2, 0.25) is 0 Å². The Hall–Kier alpha value is -1.68. The highest BCUT2D eigenvalue weighted by Gasteiger charge is 2.68. The highest BCUT2D eigenvalue weighted by Crippen LogP contribution is 2.67. The third-order valence-electron chi connectivity index (χ3n) is 4.40. The summed E-state index contributed by atoms with van der Waals surface area (Å²) in [5.41, 5.74) is 1.42. The minimum Gasteiger partial charge on any atom is -0.367 e. The van der Waals surface area contributed by atoms with Gasteiger partial charge in [0.1, 0.15) is 18.3 Å². The number of rotatable bonds is 3. The molecule has 2 aromatic rings. The molecule has 1 aliphatic heterocycles. The monoisotopic (exact) mass is 241 g/mol. The Morgan fingerprint density at radius 3 is 2.61 bits per heavy atom. The second-order valence-corrected chi connectivity index (χ2v) is 5.36. The largest absolute Gasteiger partial charge is 0.367 e. The van der Waals surface area contributed by atoms with Gasteiger partial charge in [0.05, 0.1) is 13.2 Å². The van der Waals surface area contributed by atoms with Crippen molar-refractivity contribution in [3.63, 3.8) is 0 Å². The molecule has 1 atom stereocenters. The Balaban J connectivity index is 1.76. The van der Waals surface area contributed by atoms with Crippen molar-refractivity contribution >= 4 is 0 Å². The van der Waals surface area contributed by atoms with E-state index in [9.17, 15) is 0 Å². The summed E-state index contributed by atoms with van der Waals surface area (Å²) in [6, 6.07) is 10.5. The summed E-state index contributed by atoms with van der Waals surface area (Å²) in [7, 11) is 0. The van der Waals surface area contributed by atoms with Crippen LogP contribution in [0.25, 0.3) is 0 Å². The lowest BCUT2D eigenvalue weighted by Gasteiger charge is -2.50. The van der Waals surface area contributed by atoms with Gasteiger partial charge in [-0.25, -0.2) is 9.67 Å². The fraction of sp³-hybridized carbons (Fsp3) is 0.429. The summed E-state index contributed by atoms with van der Waals surface area (Å²) in [6.45, 7) is 1.65. The van der Waals surface area contributed by atoms with E-state index in [-0.39, 0.29) is 5.60 Å². The Labute approximate surface area is 106 Å². The van der Waals surface area contributed by atoms with Crippen molar-refractivity contribution in [1.29, 1.82) is 0 Å². The molecule has 0 bridgehead atoms. The first-order valence-corrected chi connectivity index (χ1v) is 6.37. The van der Waals surface area contributed by atoms with E-state index >= 15 is 0 Å². The molecule has 0 N–H and O–H groups in total. The highest BCUT2D eigenvalue weighted by atomic mass is 16.5. The van der Waals surface area contributed by atoms with E-state index in [1.165, 1.54) is 18.4 Å². The average Bonchev–Trinajstić information content (AvgIpc) is 3.10. The minimum absolute atomic E-state index is 0.192. The van der Waals surface area contributed by atoms with Crippen molar-refractivity contribution in [2.24, 2.45) is 5.41 Å².